The summed E-state index contributed by atoms with van der Waals surface area (Å²) >= 11 is 0. The van der Waals surface area contributed by atoms with Gasteiger partial charge in [-0.15, -0.1) is 0 Å². The molecule has 1 aliphatic carbocycles. The number of carboxylic acids is 1. The first-order chi connectivity index (χ1) is 6.06. The smallest absolute Gasteiger partial charge is 0.306 e. The van der Waals surface area contributed by atoms with Gasteiger partial charge in [0.05, 0.1) is 12.0 Å². The van der Waals surface area contributed by atoms with E-state index in [-0.39, 0.29) is 17.9 Å². The van der Waals surface area contributed by atoms with Crippen molar-refractivity contribution in [3.63, 3.8) is 0 Å². The number of carboxylic acid groups (broad SMARTS) is 1. The molecule has 0 bridgehead atoms. The third-order valence-electron chi connectivity index (χ3n) is 3.17. The van der Waals surface area contributed by atoms with Crippen molar-refractivity contribution < 1.29 is 14.6 Å². The van der Waals surface area contributed by atoms with E-state index >= 15 is 0 Å². The second-order valence-electron chi connectivity index (χ2n) is 4.14. The molecule has 1 fully saturated rings. The Bertz CT molecular complexity index is 191. The van der Waals surface area contributed by atoms with Crippen LogP contribution < -0.4 is 0 Å². The third-order valence-corrected chi connectivity index (χ3v) is 3.17. The molecule has 3 heteroatoms. The number of ether oxygens (including phenoxy) is 1. The number of aliphatic carboxylic acids is 1. The minimum atomic E-state index is -0.658. The Hall–Kier alpha value is -0.570. The first-order valence-electron chi connectivity index (χ1n) is 4.81. The summed E-state index contributed by atoms with van der Waals surface area (Å²) in [6, 6.07) is 0. The normalized spacial score (nSPS) is 40.2. The van der Waals surface area contributed by atoms with Gasteiger partial charge < -0.3 is 9.84 Å². The fourth-order valence-electron chi connectivity index (χ4n) is 2.22. The van der Waals surface area contributed by atoms with Crippen molar-refractivity contribution in [2.45, 2.75) is 32.8 Å². The monoisotopic (exact) mass is 186 g/mol. The molecular formula is C10H18O3. The Balaban J connectivity index is 2.61. The van der Waals surface area contributed by atoms with Crippen molar-refractivity contribution in [3.05, 3.63) is 0 Å². The molecule has 0 heterocycles. The van der Waals surface area contributed by atoms with Crippen LogP contribution >= 0.6 is 0 Å². The molecule has 0 saturated heterocycles. The van der Waals surface area contributed by atoms with Crippen LogP contribution in [0, 0.1) is 17.8 Å². The molecule has 0 aromatic heterocycles. The summed E-state index contributed by atoms with van der Waals surface area (Å²) in [5.41, 5.74) is 0. The summed E-state index contributed by atoms with van der Waals surface area (Å²) in [4.78, 5) is 10.9. The highest BCUT2D eigenvalue weighted by Gasteiger charge is 2.36. The van der Waals surface area contributed by atoms with E-state index in [1.165, 1.54) is 0 Å². The summed E-state index contributed by atoms with van der Waals surface area (Å²) in [6.45, 7) is 4.06. The molecule has 0 amide bonds. The molecule has 76 valence electrons. The van der Waals surface area contributed by atoms with Crippen LogP contribution in [0.15, 0.2) is 0 Å². The van der Waals surface area contributed by atoms with Crippen LogP contribution in [-0.2, 0) is 9.53 Å². The van der Waals surface area contributed by atoms with Crippen LogP contribution in [0.1, 0.15) is 26.7 Å². The second-order valence-corrected chi connectivity index (χ2v) is 4.14. The largest absolute Gasteiger partial charge is 0.481 e. The van der Waals surface area contributed by atoms with Gasteiger partial charge in [-0.1, -0.05) is 13.8 Å². The maximum atomic E-state index is 10.9. The van der Waals surface area contributed by atoms with E-state index in [1.54, 1.807) is 7.11 Å². The first-order valence-corrected chi connectivity index (χ1v) is 4.81. The van der Waals surface area contributed by atoms with Gasteiger partial charge in [0.15, 0.2) is 0 Å². The molecule has 0 radical (unpaired) electrons. The topological polar surface area (TPSA) is 46.5 Å². The number of hydrogen-bond donors (Lipinski definition) is 1. The zero-order chi connectivity index (χ0) is 10.0. The van der Waals surface area contributed by atoms with E-state index in [1.807, 2.05) is 6.92 Å². The lowest BCUT2D eigenvalue weighted by molar-refractivity contribution is -0.147. The maximum Gasteiger partial charge on any atom is 0.306 e. The van der Waals surface area contributed by atoms with Crippen LogP contribution in [0.5, 0.6) is 0 Å². The molecule has 13 heavy (non-hydrogen) atoms. The summed E-state index contributed by atoms with van der Waals surface area (Å²) in [5.74, 6) is -0.240. The molecule has 0 aromatic carbocycles. The molecule has 3 nitrogen and oxygen atoms in total. The van der Waals surface area contributed by atoms with E-state index in [0.29, 0.717) is 5.92 Å². The van der Waals surface area contributed by atoms with Gasteiger partial charge in [0, 0.05) is 7.11 Å². The zero-order valence-electron chi connectivity index (χ0n) is 8.49. The molecule has 0 aliphatic heterocycles. The van der Waals surface area contributed by atoms with Gasteiger partial charge in [-0.2, -0.15) is 0 Å². The summed E-state index contributed by atoms with van der Waals surface area (Å²) in [7, 11) is 1.70. The molecule has 1 N–H and O–H groups in total. The van der Waals surface area contributed by atoms with Gasteiger partial charge in [0.1, 0.15) is 0 Å². The van der Waals surface area contributed by atoms with Crippen LogP contribution in [0.25, 0.3) is 0 Å². The van der Waals surface area contributed by atoms with Gasteiger partial charge in [-0.25, -0.2) is 0 Å². The SMILES string of the molecule is CO[C@@H]1C[C@H](C)C(C(=O)O)C[C@@H]1C. The van der Waals surface area contributed by atoms with Gasteiger partial charge in [0.25, 0.3) is 0 Å². The lowest BCUT2D eigenvalue weighted by atomic mass is 9.74. The molecule has 1 unspecified atom stereocenters. The van der Waals surface area contributed by atoms with Crippen molar-refractivity contribution >= 4 is 5.97 Å². The molecule has 0 spiro atoms. The van der Waals surface area contributed by atoms with E-state index in [0.717, 1.165) is 12.8 Å². The first kappa shape index (κ1) is 10.5. The van der Waals surface area contributed by atoms with Gasteiger partial charge in [-0.3, -0.25) is 4.79 Å². The molecule has 4 atom stereocenters. The highest BCUT2D eigenvalue weighted by Crippen LogP contribution is 2.35. The minimum Gasteiger partial charge on any atom is -0.481 e. The Morgan fingerprint density at radius 3 is 2.38 bits per heavy atom. The van der Waals surface area contributed by atoms with E-state index in [9.17, 15) is 4.79 Å². The Morgan fingerprint density at radius 1 is 1.31 bits per heavy atom. The standard InChI is InChI=1S/C10H18O3/c1-6-5-9(13-3)7(2)4-8(6)10(11)12/h6-9H,4-5H2,1-3H3,(H,11,12)/t6-,7-,8?,9+/m0/s1. The number of hydrogen-bond acceptors (Lipinski definition) is 2. The Labute approximate surface area is 79.1 Å². The average molecular weight is 186 g/mol. The van der Waals surface area contributed by atoms with E-state index in [2.05, 4.69) is 6.92 Å². The molecule has 1 saturated carbocycles. The Kier molecular flexibility index (Phi) is 3.31. The maximum absolute atomic E-state index is 10.9. The highest BCUT2D eigenvalue weighted by atomic mass is 16.5. The lowest BCUT2D eigenvalue weighted by Gasteiger charge is -2.35. The predicted molar refractivity (Wildman–Crippen MR) is 49.5 cm³/mol. The van der Waals surface area contributed by atoms with Gasteiger partial charge in [0.2, 0.25) is 0 Å². The van der Waals surface area contributed by atoms with Gasteiger partial charge in [-0.05, 0) is 24.7 Å². The number of carbonyl (C=O) groups is 1. The van der Waals surface area contributed by atoms with E-state index in [4.69, 9.17) is 9.84 Å². The van der Waals surface area contributed by atoms with Crippen LogP contribution in [0.4, 0.5) is 0 Å². The fourth-order valence-corrected chi connectivity index (χ4v) is 2.22. The number of rotatable bonds is 2. The van der Waals surface area contributed by atoms with Crippen molar-refractivity contribution in [1.29, 1.82) is 0 Å². The number of methoxy groups -OCH3 is 1. The molecule has 1 rings (SSSR count). The second kappa shape index (κ2) is 4.09. The molecule has 0 aromatic rings. The van der Waals surface area contributed by atoms with Crippen molar-refractivity contribution in [1.82, 2.24) is 0 Å². The average Bonchev–Trinajstić information content (AvgIpc) is 2.07. The Morgan fingerprint density at radius 2 is 1.92 bits per heavy atom. The summed E-state index contributed by atoms with van der Waals surface area (Å²) < 4.78 is 5.31. The minimum absolute atomic E-state index is 0.179. The molecular weight excluding hydrogens is 168 g/mol. The quantitative estimate of drug-likeness (QED) is 0.715. The van der Waals surface area contributed by atoms with Crippen molar-refractivity contribution in [3.8, 4) is 0 Å². The lowest BCUT2D eigenvalue weighted by Crippen LogP contribution is -2.37. The summed E-state index contributed by atoms with van der Waals surface area (Å²) in [6.07, 6.45) is 1.86. The zero-order valence-corrected chi connectivity index (χ0v) is 8.49. The van der Waals surface area contributed by atoms with Crippen LogP contribution in [0.3, 0.4) is 0 Å². The van der Waals surface area contributed by atoms with Crippen LogP contribution in [-0.4, -0.2) is 24.3 Å². The van der Waals surface area contributed by atoms with Crippen molar-refractivity contribution in [2.75, 3.05) is 7.11 Å². The van der Waals surface area contributed by atoms with E-state index < -0.39 is 5.97 Å². The highest BCUT2D eigenvalue weighted by molar-refractivity contribution is 5.70. The predicted octanol–water partition coefficient (Wildman–Crippen LogP) is 1.77. The van der Waals surface area contributed by atoms with Crippen molar-refractivity contribution in [2.24, 2.45) is 17.8 Å². The van der Waals surface area contributed by atoms with Crippen LogP contribution in [0.2, 0.25) is 0 Å². The van der Waals surface area contributed by atoms with Gasteiger partial charge >= 0.3 is 5.97 Å². The summed E-state index contributed by atoms with van der Waals surface area (Å²) in [5, 5.41) is 8.94. The fraction of sp³-hybridized carbons (Fsp3) is 0.900. The third kappa shape index (κ3) is 2.21. The molecule has 1 aliphatic rings.